The van der Waals surface area contributed by atoms with Gasteiger partial charge in [-0.15, -0.1) is 0 Å². The van der Waals surface area contributed by atoms with E-state index in [1.54, 1.807) is 6.92 Å². The van der Waals surface area contributed by atoms with Crippen LogP contribution in [-0.4, -0.2) is 37.0 Å². The summed E-state index contributed by atoms with van der Waals surface area (Å²) in [6.07, 6.45) is 2.36. The van der Waals surface area contributed by atoms with E-state index >= 15 is 0 Å². The number of methoxy groups -OCH3 is 1. The van der Waals surface area contributed by atoms with Crippen LogP contribution in [0.2, 0.25) is 0 Å². The van der Waals surface area contributed by atoms with E-state index in [-0.39, 0.29) is 5.91 Å². The van der Waals surface area contributed by atoms with Gasteiger partial charge in [0.25, 0.3) is 6.47 Å². The molecule has 1 unspecified atom stereocenters. The lowest BCUT2D eigenvalue weighted by Gasteiger charge is -2.18. The predicted molar refractivity (Wildman–Crippen MR) is 60.5 cm³/mol. The van der Waals surface area contributed by atoms with Crippen LogP contribution < -0.4 is 0 Å². The second-order valence-electron chi connectivity index (χ2n) is 3.04. The molecule has 4 heteroatoms. The summed E-state index contributed by atoms with van der Waals surface area (Å²) in [5, 5.41) is 0. The lowest BCUT2D eigenvalue weighted by molar-refractivity contribution is -0.129. The highest BCUT2D eigenvalue weighted by molar-refractivity contribution is 5.73. The van der Waals surface area contributed by atoms with Crippen LogP contribution in [0.15, 0.2) is 0 Å². The molecule has 0 aromatic carbocycles. The smallest absolute Gasteiger partial charge is 0.292 e. The number of nitrogens with zero attached hydrogens (tertiary/aromatic N) is 1. The number of carbonyl (C=O) groups is 2. The van der Waals surface area contributed by atoms with Gasteiger partial charge in [0, 0.05) is 19.5 Å². The van der Waals surface area contributed by atoms with Crippen molar-refractivity contribution in [2.75, 3.05) is 13.7 Å². The zero-order valence-electron chi connectivity index (χ0n) is 10.4. The lowest BCUT2D eigenvalue weighted by Crippen LogP contribution is -2.31. The van der Waals surface area contributed by atoms with Crippen LogP contribution in [0, 0.1) is 0 Å². The van der Waals surface area contributed by atoms with E-state index in [1.807, 2.05) is 18.7 Å². The number of ether oxygens (including phenoxy) is 1. The first-order valence-electron chi connectivity index (χ1n) is 5.37. The highest BCUT2D eigenvalue weighted by Gasteiger charge is 2.21. The highest BCUT2D eigenvalue weighted by atomic mass is 16.5. The highest BCUT2D eigenvalue weighted by Crippen LogP contribution is 2.15. The first-order chi connectivity index (χ1) is 7.13. The Hall–Kier alpha value is -1.06. The van der Waals surface area contributed by atoms with Crippen molar-refractivity contribution in [2.24, 2.45) is 0 Å². The first kappa shape index (κ1) is 16.4. The molecule has 0 radical (unpaired) electrons. The molecule has 0 aliphatic carbocycles. The molecular formula is C11H23NO3. The molecule has 4 nitrogen and oxygen atoms in total. The normalized spacial score (nSPS) is 17.9. The third kappa shape index (κ3) is 7.97. The average molecular weight is 217 g/mol. The minimum absolute atomic E-state index is 0.222. The van der Waals surface area contributed by atoms with Crippen molar-refractivity contribution < 1.29 is 14.3 Å². The summed E-state index contributed by atoms with van der Waals surface area (Å²) in [6, 6.07) is 0.488. The third-order valence-corrected chi connectivity index (χ3v) is 2.05. The molecule has 1 heterocycles. The van der Waals surface area contributed by atoms with Crippen LogP contribution in [0.1, 0.15) is 40.5 Å². The van der Waals surface area contributed by atoms with Gasteiger partial charge in [-0.25, -0.2) is 0 Å². The summed E-state index contributed by atoms with van der Waals surface area (Å²) >= 11 is 0. The number of amides is 1. The van der Waals surface area contributed by atoms with E-state index in [1.165, 1.54) is 20.0 Å². The maximum Gasteiger partial charge on any atom is 0.292 e. The molecule has 1 amide bonds. The molecule has 0 N–H and O–H groups in total. The van der Waals surface area contributed by atoms with Gasteiger partial charge in [-0.1, -0.05) is 13.8 Å². The molecule has 1 rings (SSSR count). The summed E-state index contributed by atoms with van der Waals surface area (Å²) in [5.74, 6) is 0.222. The van der Waals surface area contributed by atoms with E-state index in [9.17, 15) is 4.79 Å². The van der Waals surface area contributed by atoms with Crippen LogP contribution in [0.5, 0.6) is 0 Å². The predicted octanol–water partition coefficient (Wildman–Crippen LogP) is 1.83. The molecule has 1 aliphatic rings. The van der Waals surface area contributed by atoms with Crippen LogP contribution in [-0.2, 0) is 14.3 Å². The number of carbonyl (C=O) groups excluding carboxylic acids is 2. The number of likely N-dealkylation sites (tertiary alicyclic amines) is 1. The Balaban J connectivity index is 0. The Morgan fingerprint density at radius 1 is 1.47 bits per heavy atom. The molecular weight excluding hydrogens is 194 g/mol. The van der Waals surface area contributed by atoms with E-state index in [4.69, 9.17) is 4.79 Å². The average Bonchev–Trinajstić information content (AvgIpc) is 2.68. The van der Waals surface area contributed by atoms with Crippen LogP contribution >= 0.6 is 0 Å². The van der Waals surface area contributed by atoms with E-state index in [2.05, 4.69) is 11.7 Å². The maximum absolute atomic E-state index is 10.8. The van der Waals surface area contributed by atoms with Gasteiger partial charge in [-0.05, 0) is 19.8 Å². The fraction of sp³-hybridized carbons (Fsp3) is 0.818. The maximum atomic E-state index is 10.8. The second kappa shape index (κ2) is 11.0. The van der Waals surface area contributed by atoms with Crippen LogP contribution in [0.3, 0.4) is 0 Å². The molecule has 15 heavy (non-hydrogen) atoms. The zero-order chi connectivity index (χ0) is 12.3. The number of hydrogen-bond acceptors (Lipinski definition) is 3. The summed E-state index contributed by atoms with van der Waals surface area (Å²) in [7, 11) is 1.31. The first-order valence-corrected chi connectivity index (χ1v) is 5.37. The molecule has 90 valence electrons. The van der Waals surface area contributed by atoms with Gasteiger partial charge >= 0.3 is 0 Å². The molecule has 0 spiro atoms. The van der Waals surface area contributed by atoms with E-state index in [0.29, 0.717) is 12.5 Å². The molecule has 1 atom stereocenters. The largest absolute Gasteiger partial charge is 0.471 e. The molecule has 0 aromatic heterocycles. The van der Waals surface area contributed by atoms with Crippen molar-refractivity contribution in [3.8, 4) is 0 Å². The zero-order valence-corrected chi connectivity index (χ0v) is 10.4. The van der Waals surface area contributed by atoms with E-state index in [0.717, 1.165) is 6.54 Å². The van der Waals surface area contributed by atoms with Crippen molar-refractivity contribution in [1.82, 2.24) is 4.90 Å². The van der Waals surface area contributed by atoms with Crippen LogP contribution in [0.25, 0.3) is 0 Å². The van der Waals surface area contributed by atoms with Gasteiger partial charge in [0.2, 0.25) is 5.91 Å². The Bertz CT molecular complexity index is 171. The topological polar surface area (TPSA) is 46.6 Å². The summed E-state index contributed by atoms with van der Waals surface area (Å²) in [5.41, 5.74) is 0. The minimum Gasteiger partial charge on any atom is -0.471 e. The SMILES string of the molecule is CC.CC(=O)N1CCCC1C.COC=O. The fourth-order valence-corrected chi connectivity index (χ4v) is 1.40. The minimum atomic E-state index is 0.222. The second-order valence-corrected chi connectivity index (χ2v) is 3.04. The monoisotopic (exact) mass is 217 g/mol. The van der Waals surface area contributed by atoms with E-state index < -0.39 is 0 Å². The van der Waals surface area contributed by atoms with Crippen molar-refractivity contribution in [3.63, 3.8) is 0 Å². The molecule has 1 saturated heterocycles. The molecule has 0 saturated carbocycles. The Labute approximate surface area is 92.6 Å². The summed E-state index contributed by atoms with van der Waals surface area (Å²) < 4.78 is 3.86. The standard InChI is InChI=1S/C7H13NO.C2H4O2.C2H6/c1-6-4-3-5-8(6)7(2)9;1-4-2-3;1-2/h6H,3-5H2,1-2H3;2H,1H3;1-2H3. The van der Waals surface area contributed by atoms with Gasteiger partial charge in [0.05, 0.1) is 7.11 Å². The van der Waals surface area contributed by atoms with Crippen molar-refractivity contribution in [2.45, 2.75) is 46.6 Å². The quantitative estimate of drug-likeness (QED) is 0.629. The summed E-state index contributed by atoms with van der Waals surface area (Å²) in [6.45, 7) is 9.09. The van der Waals surface area contributed by atoms with Gasteiger partial charge < -0.3 is 9.64 Å². The van der Waals surface area contributed by atoms with Crippen molar-refractivity contribution in [3.05, 3.63) is 0 Å². The summed E-state index contributed by atoms with van der Waals surface area (Å²) in [4.78, 5) is 21.7. The Morgan fingerprint density at radius 3 is 2.07 bits per heavy atom. The number of rotatable bonds is 1. The van der Waals surface area contributed by atoms with Gasteiger partial charge in [0.15, 0.2) is 0 Å². The van der Waals surface area contributed by atoms with Crippen LogP contribution in [0.4, 0.5) is 0 Å². The third-order valence-electron chi connectivity index (χ3n) is 2.05. The van der Waals surface area contributed by atoms with Gasteiger partial charge in [-0.3, -0.25) is 9.59 Å². The molecule has 1 aliphatic heterocycles. The Kier molecular flexibility index (Phi) is 12.0. The van der Waals surface area contributed by atoms with Gasteiger partial charge in [0.1, 0.15) is 0 Å². The van der Waals surface area contributed by atoms with Gasteiger partial charge in [-0.2, -0.15) is 0 Å². The molecule has 0 aromatic rings. The van der Waals surface area contributed by atoms with Crippen molar-refractivity contribution >= 4 is 12.4 Å². The molecule has 1 fully saturated rings. The molecule has 0 bridgehead atoms. The van der Waals surface area contributed by atoms with Crippen molar-refractivity contribution in [1.29, 1.82) is 0 Å². The Morgan fingerprint density at radius 2 is 1.93 bits per heavy atom. The lowest BCUT2D eigenvalue weighted by atomic mass is 10.2. The number of hydrogen-bond donors (Lipinski definition) is 0. The fourth-order valence-electron chi connectivity index (χ4n) is 1.40.